The number of hydrogen-bond donors (Lipinski definition) is 1. The minimum absolute atomic E-state index is 0.0673. The maximum atomic E-state index is 13.9. The Morgan fingerprint density at radius 2 is 2.11 bits per heavy atom. The van der Waals surface area contributed by atoms with Crippen LogP contribution in [-0.4, -0.2) is 12.1 Å². The second-order valence-corrected chi connectivity index (χ2v) is 5.12. The Hall–Kier alpha value is -1.09. The molecule has 2 nitrogen and oxygen atoms in total. The highest BCUT2D eigenvalue weighted by molar-refractivity contribution is 5.36. The zero-order valence-electron chi connectivity index (χ0n) is 11.0. The molecule has 0 spiro atoms. The number of para-hydroxylation sites is 1. The van der Waals surface area contributed by atoms with Gasteiger partial charge in [0.1, 0.15) is 0 Å². The van der Waals surface area contributed by atoms with Crippen LogP contribution in [0.5, 0.6) is 5.75 Å². The Morgan fingerprint density at radius 1 is 1.39 bits per heavy atom. The van der Waals surface area contributed by atoms with Crippen LogP contribution in [0.3, 0.4) is 0 Å². The number of hydrogen-bond acceptors (Lipinski definition) is 2. The molecule has 0 aliphatic heterocycles. The van der Waals surface area contributed by atoms with Gasteiger partial charge in [-0.1, -0.05) is 19.1 Å². The second-order valence-electron chi connectivity index (χ2n) is 5.12. The summed E-state index contributed by atoms with van der Waals surface area (Å²) in [6.07, 6.45) is 6.18. The lowest BCUT2D eigenvalue weighted by Crippen LogP contribution is -2.22. The first-order chi connectivity index (χ1) is 8.70. The molecule has 0 bridgehead atoms. The highest BCUT2D eigenvalue weighted by atomic mass is 19.1. The normalized spacial score (nSPS) is 17.9. The first kappa shape index (κ1) is 13.3. The van der Waals surface area contributed by atoms with Gasteiger partial charge in [0.25, 0.3) is 0 Å². The molecule has 0 aromatic heterocycles. The highest BCUT2D eigenvalue weighted by Crippen LogP contribution is 2.29. The van der Waals surface area contributed by atoms with Gasteiger partial charge in [-0.2, -0.15) is 0 Å². The molecule has 0 amide bonds. The van der Waals surface area contributed by atoms with Gasteiger partial charge in [-0.25, -0.2) is 4.39 Å². The van der Waals surface area contributed by atoms with Crippen molar-refractivity contribution in [1.82, 2.24) is 0 Å². The summed E-state index contributed by atoms with van der Waals surface area (Å²) < 4.78 is 19.7. The quantitative estimate of drug-likeness (QED) is 0.870. The molecule has 1 aliphatic rings. The molecule has 1 aromatic carbocycles. The van der Waals surface area contributed by atoms with Crippen LogP contribution in [0.2, 0.25) is 0 Å². The molecule has 2 N–H and O–H groups in total. The summed E-state index contributed by atoms with van der Waals surface area (Å²) in [6.45, 7) is 2.04. The lowest BCUT2D eigenvalue weighted by molar-refractivity contribution is 0.198. The van der Waals surface area contributed by atoms with Crippen LogP contribution in [-0.2, 0) is 6.42 Å². The van der Waals surface area contributed by atoms with E-state index in [4.69, 9.17) is 10.5 Å². The molecule has 1 fully saturated rings. The number of halogens is 1. The Bertz CT molecular complexity index is 388. The second kappa shape index (κ2) is 6.19. The highest BCUT2D eigenvalue weighted by Gasteiger charge is 2.20. The molecular weight excluding hydrogens is 229 g/mol. The van der Waals surface area contributed by atoms with Gasteiger partial charge >= 0.3 is 0 Å². The lowest BCUT2D eigenvalue weighted by Gasteiger charge is -2.18. The average Bonchev–Trinajstić information content (AvgIpc) is 2.86. The van der Waals surface area contributed by atoms with Crippen LogP contribution in [0.4, 0.5) is 4.39 Å². The third-order valence-corrected chi connectivity index (χ3v) is 3.64. The van der Waals surface area contributed by atoms with E-state index in [1.807, 2.05) is 13.0 Å². The summed E-state index contributed by atoms with van der Waals surface area (Å²) in [4.78, 5) is 0. The van der Waals surface area contributed by atoms with Gasteiger partial charge in [0.05, 0.1) is 6.10 Å². The standard InChI is InChI=1S/C15H22FNO/c1-2-12(17)10-11-6-5-9-14(16)15(11)18-13-7-3-4-8-13/h5-6,9,12-13H,2-4,7-8,10,17H2,1H3. The average molecular weight is 251 g/mol. The third kappa shape index (κ3) is 3.22. The summed E-state index contributed by atoms with van der Waals surface area (Å²) in [7, 11) is 0. The molecule has 1 aromatic rings. The van der Waals surface area contributed by atoms with Crippen molar-refractivity contribution >= 4 is 0 Å². The van der Waals surface area contributed by atoms with Crippen LogP contribution in [0.15, 0.2) is 18.2 Å². The zero-order valence-corrected chi connectivity index (χ0v) is 11.0. The van der Waals surface area contributed by atoms with Gasteiger partial charge in [-0.3, -0.25) is 0 Å². The Labute approximate surface area is 108 Å². The van der Waals surface area contributed by atoms with Crippen molar-refractivity contribution in [3.8, 4) is 5.75 Å². The maximum Gasteiger partial charge on any atom is 0.165 e. The van der Waals surface area contributed by atoms with Crippen molar-refractivity contribution in [3.05, 3.63) is 29.6 Å². The molecule has 1 saturated carbocycles. The Morgan fingerprint density at radius 3 is 2.78 bits per heavy atom. The van der Waals surface area contributed by atoms with Crippen molar-refractivity contribution in [2.75, 3.05) is 0 Å². The summed E-state index contributed by atoms with van der Waals surface area (Å²) in [5, 5.41) is 0. The molecule has 100 valence electrons. The fourth-order valence-electron chi connectivity index (χ4n) is 2.45. The fraction of sp³-hybridized carbons (Fsp3) is 0.600. The van der Waals surface area contributed by atoms with Crippen LogP contribution < -0.4 is 10.5 Å². The van der Waals surface area contributed by atoms with E-state index >= 15 is 0 Å². The predicted octanol–water partition coefficient (Wildman–Crippen LogP) is 3.43. The van der Waals surface area contributed by atoms with E-state index in [9.17, 15) is 4.39 Å². The van der Waals surface area contributed by atoms with Gasteiger partial charge in [0.2, 0.25) is 0 Å². The molecule has 0 radical (unpaired) electrons. The maximum absolute atomic E-state index is 13.9. The molecule has 1 unspecified atom stereocenters. The van der Waals surface area contributed by atoms with Crippen molar-refractivity contribution in [1.29, 1.82) is 0 Å². The van der Waals surface area contributed by atoms with E-state index in [2.05, 4.69) is 0 Å². The van der Waals surface area contributed by atoms with Gasteiger partial charge in [-0.05, 0) is 50.2 Å². The molecule has 18 heavy (non-hydrogen) atoms. The van der Waals surface area contributed by atoms with E-state index in [0.29, 0.717) is 12.2 Å². The van der Waals surface area contributed by atoms with Crippen LogP contribution in [0.25, 0.3) is 0 Å². The SMILES string of the molecule is CCC(N)Cc1cccc(F)c1OC1CCCC1. The summed E-state index contributed by atoms with van der Waals surface area (Å²) in [6, 6.07) is 5.18. The molecule has 2 rings (SSSR count). The molecule has 1 atom stereocenters. The predicted molar refractivity (Wildman–Crippen MR) is 71.3 cm³/mol. The van der Waals surface area contributed by atoms with E-state index in [-0.39, 0.29) is 18.0 Å². The lowest BCUT2D eigenvalue weighted by atomic mass is 10.0. The largest absolute Gasteiger partial charge is 0.487 e. The topological polar surface area (TPSA) is 35.2 Å². The first-order valence-electron chi connectivity index (χ1n) is 6.90. The van der Waals surface area contributed by atoms with Gasteiger partial charge < -0.3 is 10.5 Å². The van der Waals surface area contributed by atoms with E-state index < -0.39 is 0 Å². The monoisotopic (exact) mass is 251 g/mol. The summed E-state index contributed by atoms with van der Waals surface area (Å²) >= 11 is 0. The molecule has 0 heterocycles. The molecule has 3 heteroatoms. The molecule has 1 aliphatic carbocycles. The van der Waals surface area contributed by atoms with Crippen molar-refractivity contribution < 1.29 is 9.13 Å². The number of nitrogens with two attached hydrogens (primary N) is 1. The Kier molecular flexibility index (Phi) is 4.59. The van der Waals surface area contributed by atoms with Crippen molar-refractivity contribution in [2.24, 2.45) is 5.73 Å². The first-order valence-corrected chi connectivity index (χ1v) is 6.90. The fourth-order valence-corrected chi connectivity index (χ4v) is 2.45. The van der Waals surface area contributed by atoms with Gasteiger partial charge in [-0.15, -0.1) is 0 Å². The minimum atomic E-state index is -0.261. The molecular formula is C15H22FNO. The molecule has 0 saturated heterocycles. The third-order valence-electron chi connectivity index (χ3n) is 3.64. The summed E-state index contributed by atoms with van der Waals surface area (Å²) in [5.41, 5.74) is 6.85. The van der Waals surface area contributed by atoms with E-state index in [1.165, 1.54) is 18.9 Å². The van der Waals surface area contributed by atoms with Crippen molar-refractivity contribution in [3.63, 3.8) is 0 Å². The zero-order chi connectivity index (χ0) is 13.0. The number of ether oxygens (including phenoxy) is 1. The van der Waals surface area contributed by atoms with Crippen LogP contribution in [0, 0.1) is 5.82 Å². The smallest absolute Gasteiger partial charge is 0.165 e. The van der Waals surface area contributed by atoms with E-state index in [1.54, 1.807) is 6.07 Å². The number of rotatable bonds is 5. The summed E-state index contributed by atoms with van der Waals surface area (Å²) in [5.74, 6) is 0.163. The van der Waals surface area contributed by atoms with Gasteiger partial charge in [0, 0.05) is 6.04 Å². The Balaban J connectivity index is 2.14. The minimum Gasteiger partial charge on any atom is -0.487 e. The van der Waals surface area contributed by atoms with E-state index in [0.717, 1.165) is 24.8 Å². The van der Waals surface area contributed by atoms with Crippen LogP contribution in [0.1, 0.15) is 44.6 Å². The van der Waals surface area contributed by atoms with Crippen molar-refractivity contribution in [2.45, 2.75) is 57.6 Å². The van der Waals surface area contributed by atoms with Gasteiger partial charge in [0.15, 0.2) is 11.6 Å². The number of benzene rings is 1. The van der Waals surface area contributed by atoms with Crippen LogP contribution >= 0.6 is 0 Å².